The Bertz CT molecular complexity index is 1200. The molecule has 0 atom stereocenters. The number of carbonyl (C=O) groups excluding carboxylic acids is 1. The molecule has 0 aliphatic rings. The van der Waals surface area contributed by atoms with Crippen LogP contribution in [0.25, 0.3) is 22.7 Å². The number of thiazole rings is 1. The molecule has 4 rings (SSSR count). The summed E-state index contributed by atoms with van der Waals surface area (Å²) in [5.74, 6) is -0.793. The standard InChI is InChI=1S/C21H16N4O3S/c26-18(11-19-22-8-9-29-19)24-17-7-6-15-14(12-23-20(15)25-17)10-16(21(27)28)13-4-2-1-3-5-13/h1-10,12H,11H2,(H,27,28)(H2,23,24,25,26)/b16-10-. The fourth-order valence-corrected chi connectivity index (χ4v) is 3.54. The van der Waals surface area contributed by atoms with E-state index in [0.29, 0.717) is 22.6 Å². The molecule has 0 spiro atoms. The van der Waals surface area contributed by atoms with Crippen LogP contribution in [0.5, 0.6) is 0 Å². The molecule has 0 aliphatic carbocycles. The number of aliphatic carboxylic acids is 1. The number of aromatic amines is 1. The number of nitrogens with one attached hydrogen (secondary N) is 2. The van der Waals surface area contributed by atoms with Gasteiger partial charge in [-0.3, -0.25) is 4.79 Å². The lowest BCUT2D eigenvalue weighted by molar-refractivity contribution is -0.130. The number of rotatable bonds is 6. The molecule has 0 bridgehead atoms. The van der Waals surface area contributed by atoms with Gasteiger partial charge in [0, 0.05) is 28.7 Å². The first-order chi connectivity index (χ1) is 14.1. The predicted molar refractivity (Wildman–Crippen MR) is 112 cm³/mol. The average Bonchev–Trinajstić information content (AvgIpc) is 3.36. The molecule has 3 heterocycles. The van der Waals surface area contributed by atoms with Crippen LogP contribution in [-0.2, 0) is 16.0 Å². The third kappa shape index (κ3) is 4.22. The summed E-state index contributed by atoms with van der Waals surface area (Å²) in [6.45, 7) is 0. The van der Waals surface area contributed by atoms with E-state index >= 15 is 0 Å². The van der Waals surface area contributed by atoms with E-state index in [9.17, 15) is 14.7 Å². The lowest BCUT2D eigenvalue weighted by Crippen LogP contribution is -2.15. The van der Waals surface area contributed by atoms with Gasteiger partial charge < -0.3 is 15.4 Å². The van der Waals surface area contributed by atoms with E-state index in [2.05, 4.69) is 20.3 Å². The minimum atomic E-state index is -1.01. The molecule has 3 aromatic heterocycles. The molecular weight excluding hydrogens is 388 g/mol. The predicted octanol–water partition coefficient (Wildman–Crippen LogP) is 3.83. The third-order valence-electron chi connectivity index (χ3n) is 4.25. The van der Waals surface area contributed by atoms with Crippen molar-refractivity contribution in [2.24, 2.45) is 0 Å². The van der Waals surface area contributed by atoms with Gasteiger partial charge in [-0.05, 0) is 23.8 Å². The molecule has 3 N–H and O–H groups in total. The molecule has 4 aromatic rings. The number of nitrogens with zero attached hydrogens (tertiary/aromatic N) is 2. The van der Waals surface area contributed by atoms with Crippen molar-refractivity contribution in [3.05, 3.63) is 76.4 Å². The molecule has 0 unspecified atom stereocenters. The molecular formula is C21H16N4O3S. The molecule has 0 radical (unpaired) electrons. The third-order valence-corrected chi connectivity index (χ3v) is 5.03. The SMILES string of the molecule is O=C(Cc1nccs1)Nc1ccc2c(/C=C(\C(=O)O)c3ccccc3)c[nH]c2n1. The van der Waals surface area contributed by atoms with Gasteiger partial charge in [0.2, 0.25) is 5.91 Å². The zero-order valence-electron chi connectivity index (χ0n) is 15.1. The molecule has 29 heavy (non-hydrogen) atoms. The van der Waals surface area contributed by atoms with Crippen LogP contribution in [0.3, 0.4) is 0 Å². The van der Waals surface area contributed by atoms with Crippen molar-refractivity contribution >= 4 is 51.7 Å². The van der Waals surface area contributed by atoms with Gasteiger partial charge in [0.1, 0.15) is 16.5 Å². The minimum absolute atomic E-state index is 0.187. The van der Waals surface area contributed by atoms with E-state index in [1.54, 1.807) is 54.9 Å². The number of benzene rings is 1. The number of amides is 1. The largest absolute Gasteiger partial charge is 0.478 e. The Morgan fingerprint density at radius 1 is 1.17 bits per heavy atom. The van der Waals surface area contributed by atoms with E-state index in [0.717, 1.165) is 10.4 Å². The fraction of sp³-hybridized carbons (Fsp3) is 0.0476. The fourth-order valence-electron chi connectivity index (χ4n) is 2.92. The lowest BCUT2D eigenvalue weighted by atomic mass is 10.0. The summed E-state index contributed by atoms with van der Waals surface area (Å²) in [5.41, 5.74) is 2.07. The molecule has 7 nitrogen and oxygen atoms in total. The first-order valence-electron chi connectivity index (χ1n) is 8.77. The molecule has 1 aromatic carbocycles. The first kappa shape index (κ1) is 18.6. The van der Waals surface area contributed by atoms with Crippen molar-refractivity contribution in [3.63, 3.8) is 0 Å². The maximum absolute atomic E-state index is 12.1. The van der Waals surface area contributed by atoms with Crippen LogP contribution in [0.1, 0.15) is 16.1 Å². The van der Waals surface area contributed by atoms with Crippen LogP contribution >= 0.6 is 11.3 Å². The number of hydrogen-bond acceptors (Lipinski definition) is 5. The number of pyridine rings is 1. The smallest absolute Gasteiger partial charge is 0.336 e. The molecule has 0 saturated carbocycles. The summed E-state index contributed by atoms with van der Waals surface area (Å²) >= 11 is 1.42. The zero-order valence-corrected chi connectivity index (χ0v) is 15.9. The molecule has 0 aliphatic heterocycles. The Hall–Kier alpha value is -3.78. The molecule has 0 saturated heterocycles. The van der Waals surface area contributed by atoms with Crippen molar-refractivity contribution in [2.45, 2.75) is 6.42 Å². The highest BCUT2D eigenvalue weighted by molar-refractivity contribution is 7.09. The van der Waals surface area contributed by atoms with Gasteiger partial charge >= 0.3 is 5.97 Å². The highest BCUT2D eigenvalue weighted by Crippen LogP contribution is 2.25. The summed E-state index contributed by atoms with van der Waals surface area (Å²) < 4.78 is 0. The number of aromatic nitrogens is 3. The Balaban J connectivity index is 1.59. The number of hydrogen-bond donors (Lipinski definition) is 3. The number of fused-ring (bicyclic) bond motifs is 1. The van der Waals surface area contributed by atoms with E-state index in [-0.39, 0.29) is 17.9 Å². The first-order valence-corrected chi connectivity index (χ1v) is 9.65. The van der Waals surface area contributed by atoms with E-state index in [1.807, 2.05) is 11.4 Å². The van der Waals surface area contributed by atoms with Gasteiger partial charge in [0.05, 0.1) is 12.0 Å². The Morgan fingerprint density at radius 3 is 2.72 bits per heavy atom. The maximum Gasteiger partial charge on any atom is 0.336 e. The second-order valence-corrected chi connectivity index (χ2v) is 7.20. The van der Waals surface area contributed by atoms with Crippen molar-refractivity contribution in [1.29, 1.82) is 0 Å². The molecule has 0 fully saturated rings. The zero-order chi connectivity index (χ0) is 20.2. The molecule has 8 heteroatoms. The van der Waals surface area contributed by atoms with Crippen molar-refractivity contribution in [2.75, 3.05) is 5.32 Å². The number of H-pyrrole nitrogens is 1. The van der Waals surface area contributed by atoms with Gasteiger partial charge in [-0.1, -0.05) is 30.3 Å². The van der Waals surface area contributed by atoms with Crippen LogP contribution in [0.4, 0.5) is 5.82 Å². The van der Waals surface area contributed by atoms with Crippen molar-refractivity contribution in [3.8, 4) is 0 Å². The number of carboxylic acids is 1. The second kappa shape index (κ2) is 8.07. The van der Waals surface area contributed by atoms with Gasteiger partial charge in [-0.2, -0.15) is 0 Å². The van der Waals surface area contributed by atoms with Crippen LogP contribution < -0.4 is 5.32 Å². The number of carbonyl (C=O) groups is 2. The quantitative estimate of drug-likeness (QED) is 0.423. The lowest BCUT2D eigenvalue weighted by Gasteiger charge is -2.04. The Kier molecular flexibility index (Phi) is 5.17. The van der Waals surface area contributed by atoms with Gasteiger partial charge in [-0.15, -0.1) is 11.3 Å². The van der Waals surface area contributed by atoms with Crippen LogP contribution in [0.15, 0.2) is 60.2 Å². The van der Waals surface area contributed by atoms with Gasteiger partial charge in [0.15, 0.2) is 0 Å². The Labute approximate surface area is 169 Å². The Morgan fingerprint density at radius 2 is 2.00 bits per heavy atom. The summed E-state index contributed by atoms with van der Waals surface area (Å²) in [6.07, 6.45) is 5.16. The summed E-state index contributed by atoms with van der Waals surface area (Å²) in [7, 11) is 0. The highest BCUT2D eigenvalue weighted by atomic mass is 32.1. The monoisotopic (exact) mass is 404 g/mol. The summed E-state index contributed by atoms with van der Waals surface area (Å²) in [6, 6.07) is 12.4. The average molecular weight is 404 g/mol. The van der Waals surface area contributed by atoms with Crippen molar-refractivity contribution < 1.29 is 14.7 Å². The number of carboxylic acid groups (broad SMARTS) is 1. The van der Waals surface area contributed by atoms with E-state index in [4.69, 9.17) is 0 Å². The van der Waals surface area contributed by atoms with Crippen LogP contribution in [0.2, 0.25) is 0 Å². The topological polar surface area (TPSA) is 108 Å². The molecule has 144 valence electrons. The van der Waals surface area contributed by atoms with E-state index < -0.39 is 5.97 Å². The van der Waals surface area contributed by atoms with E-state index in [1.165, 1.54) is 11.3 Å². The highest BCUT2D eigenvalue weighted by Gasteiger charge is 2.13. The van der Waals surface area contributed by atoms with Gasteiger partial charge in [0.25, 0.3) is 0 Å². The summed E-state index contributed by atoms with van der Waals surface area (Å²) in [5, 5.41) is 15.7. The number of anilines is 1. The maximum atomic E-state index is 12.1. The summed E-state index contributed by atoms with van der Waals surface area (Å²) in [4.78, 5) is 35.4. The minimum Gasteiger partial charge on any atom is -0.478 e. The van der Waals surface area contributed by atoms with Gasteiger partial charge in [-0.25, -0.2) is 14.8 Å². The van der Waals surface area contributed by atoms with Crippen LogP contribution in [-0.4, -0.2) is 31.9 Å². The molecule has 1 amide bonds. The normalized spacial score (nSPS) is 11.5. The van der Waals surface area contributed by atoms with Crippen molar-refractivity contribution in [1.82, 2.24) is 15.0 Å². The second-order valence-electron chi connectivity index (χ2n) is 6.22. The van der Waals surface area contributed by atoms with Crippen LogP contribution in [0, 0.1) is 0 Å².